The molecule has 0 radical (unpaired) electrons. The molecule has 17 heavy (non-hydrogen) atoms. The number of carboxylic acids is 1. The first kappa shape index (κ1) is 15.5. The zero-order valence-corrected chi connectivity index (χ0v) is 9.08. The van der Waals surface area contributed by atoms with Crippen molar-refractivity contribution in [3.63, 3.8) is 0 Å². The van der Waals surface area contributed by atoms with Crippen molar-refractivity contribution in [2.24, 2.45) is 0 Å². The van der Waals surface area contributed by atoms with E-state index in [9.17, 15) is 27.2 Å². The minimum atomic E-state index is -4.34. The minimum absolute atomic E-state index is 0.615. The Morgan fingerprint density at radius 3 is 2.24 bits per heavy atom. The van der Waals surface area contributed by atoms with Gasteiger partial charge in [-0.1, -0.05) is 0 Å². The number of halogens is 4. The first-order valence-electron chi connectivity index (χ1n) is 4.49. The number of alkyl halides is 4. The van der Waals surface area contributed by atoms with Crippen molar-refractivity contribution in [2.45, 2.75) is 25.3 Å². The molecule has 0 bridgehead atoms. The molecule has 0 rings (SSSR count). The van der Waals surface area contributed by atoms with Crippen molar-refractivity contribution < 1.29 is 32.3 Å². The van der Waals surface area contributed by atoms with E-state index in [0.717, 1.165) is 14.0 Å². The molecule has 0 aromatic heterocycles. The number of aliphatic carboxylic acids is 1. The average Bonchev–Trinajstić information content (AvgIpc) is 2.23. The molecule has 0 saturated heterocycles. The van der Waals surface area contributed by atoms with Crippen LogP contribution in [0.1, 0.15) is 6.92 Å². The summed E-state index contributed by atoms with van der Waals surface area (Å²) < 4.78 is 48.3. The molecule has 0 aromatic carbocycles. The van der Waals surface area contributed by atoms with E-state index < -0.39 is 36.9 Å². The fourth-order valence-corrected chi connectivity index (χ4v) is 0.737. The summed E-state index contributed by atoms with van der Waals surface area (Å²) in [4.78, 5) is 22.2. The van der Waals surface area contributed by atoms with Gasteiger partial charge in [0, 0.05) is 7.05 Å². The van der Waals surface area contributed by atoms with Gasteiger partial charge in [-0.05, 0) is 6.92 Å². The number of carboxylic acid groups (broad SMARTS) is 1. The molecular weight excluding hydrogens is 248 g/mol. The molecule has 100 valence electrons. The van der Waals surface area contributed by atoms with Gasteiger partial charge in [-0.2, -0.15) is 8.78 Å². The molecule has 0 heterocycles. The normalized spacial score (nSPS) is 13.4. The van der Waals surface area contributed by atoms with E-state index in [-0.39, 0.29) is 0 Å². The van der Waals surface area contributed by atoms with E-state index in [0.29, 0.717) is 4.90 Å². The number of hydrogen-bond acceptors (Lipinski definition) is 2. The van der Waals surface area contributed by atoms with Crippen LogP contribution in [0.25, 0.3) is 0 Å². The lowest BCUT2D eigenvalue weighted by molar-refractivity contribution is -0.141. The van der Waals surface area contributed by atoms with Gasteiger partial charge in [-0.15, -0.1) is 0 Å². The van der Waals surface area contributed by atoms with Crippen molar-refractivity contribution in [3.8, 4) is 0 Å². The second kappa shape index (κ2) is 5.69. The standard InChI is InChI=1S/C8H12F4N2O3/c1-4(5(15)16)14(2)7(17)13-3-8(11,12)6(9)10/h4,6H,3H2,1-2H3,(H,13,17)(H,15,16). The van der Waals surface area contributed by atoms with Crippen LogP contribution in [0.2, 0.25) is 0 Å². The largest absolute Gasteiger partial charge is 0.480 e. The third-order valence-electron chi connectivity index (χ3n) is 2.05. The van der Waals surface area contributed by atoms with Crippen LogP contribution in [0.3, 0.4) is 0 Å². The van der Waals surface area contributed by atoms with E-state index in [1.165, 1.54) is 5.32 Å². The van der Waals surface area contributed by atoms with Crippen molar-refractivity contribution in [1.29, 1.82) is 0 Å². The Labute approximate surface area is 94.4 Å². The molecule has 5 nitrogen and oxygen atoms in total. The number of likely N-dealkylation sites (N-methyl/N-ethyl adjacent to an activating group) is 1. The number of amides is 2. The molecule has 1 unspecified atom stereocenters. The summed E-state index contributed by atoms with van der Waals surface area (Å²) in [5.74, 6) is -5.69. The number of urea groups is 1. The van der Waals surface area contributed by atoms with Crippen LogP contribution in [-0.2, 0) is 4.79 Å². The van der Waals surface area contributed by atoms with E-state index in [1.807, 2.05) is 0 Å². The quantitative estimate of drug-likeness (QED) is 0.724. The molecule has 9 heteroatoms. The molecule has 2 N–H and O–H groups in total. The third-order valence-corrected chi connectivity index (χ3v) is 2.05. The molecule has 0 aliphatic carbocycles. The Kier molecular flexibility index (Phi) is 5.17. The topological polar surface area (TPSA) is 69.6 Å². The third kappa shape index (κ3) is 4.45. The SMILES string of the molecule is CC(C(=O)O)N(C)C(=O)NCC(F)(F)C(F)F. The summed E-state index contributed by atoms with van der Waals surface area (Å²) in [6.45, 7) is -0.409. The predicted molar refractivity (Wildman–Crippen MR) is 49.2 cm³/mol. The first-order chi connectivity index (χ1) is 7.59. The molecule has 0 fully saturated rings. The monoisotopic (exact) mass is 260 g/mol. The van der Waals surface area contributed by atoms with Gasteiger partial charge < -0.3 is 15.3 Å². The molecule has 1 atom stereocenters. The van der Waals surface area contributed by atoms with Crippen LogP contribution in [0.15, 0.2) is 0 Å². The van der Waals surface area contributed by atoms with Crippen LogP contribution in [0, 0.1) is 0 Å². The fourth-order valence-electron chi connectivity index (χ4n) is 0.737. The molecule has 0 spiro atoms. The highest BCUT2D eigenvalue weighted by atomic mass is 19.3. The van der Waals surface area contributed by atoms with Gasteiger partial charge in [0.05, 0.1) is 6.54 Å². The molecule has 2 amide bonds. The van der Waals surface area contributed by atoms with Gasteiger partial charge in [0.2, 0.25) is 0 Å². The fraction of sp³-hybridized carbons (Fsp3) is 0.750. The Balaban J connectivity index is 4.33. The lowest BCUT2D eigenvalue weighted by Gasteiger charge is -2.23. The van der Waals surface area contributed by atoms with Gasteiger partial charge in [0.15, 0.2) is 0 Å². The highest BCUT2D eigenvalue weighted by Gasteiger charge is 2.41. The highest BCUT2D eigenvalue weighted by Crippen LogP contribution is 2.21. The summed E-state index contributed by atoms with van der Waals surface area (Å²) in [6, 6.07) is -2.42. The maximum absolute atomic E-state index is 12.4. The number of carbonyl (C=O) groups excluding carboxylic acids is 1. The Bertz CT molecular complexity index is 298. The maximum atomic E-state index is 12.4. The lowest BCUT2D eigenvalue weighted by atomic mass is 10.3. The summed E-state index contributed by atoms with van der Waals surface area (Å²) in [5, 5.41) is 10.1. The van der Waals surface area contributed by atoms with Gasteiger partial charge in [0.25, 0.3) is 0 Å². The van der Waals surface area contributed by atoms with Gasteiger partial charge in [-0.25, -0.2) is 18.4 Å². The van der Waals surface area contributed by atoms with Crippen molar-refractivity contribution in [2.75, 3.05) is 13.6 Å². The molecule has 0 aromatic rings. The van der Waals surface area contributed by atoms with Crippen LogP contribution in [-0.4, -0.2) is 54.0 Å². The van der Waals surface area contributed by atoms with Crippen LogP contribution >= 0.6 is 0 Å². The zero-order chi connectivity index (χ0) is 13.8. The molecule has 0 aliphatic rings. The second-order valence-corrected chi connectivity index (χ2v) is 3.35. The number of nitrogens with zero attached hydrogens (tertiary/aromatic N) is 1. The van der Waals surface area contributed by atoms with Crippen molar-refractivity contribution in [1.82, 2.24) is 10.2 Å². The van der Waals surface area contributed by atoms with Crippen LogP contribution in [0.5, 0.6) is 0 Å². The van der Waals surface area contributed by atoms with Gasteiger partial charge in [-0.3, -0.25) is 0 Å². The second-order valence-electron chi connectivity index (χ2n) is 3.35. The number of rotatable bonds is 5. The predicted octanol–water partition coefficient (Wildman–Crippen LogP) is 1.00. The van der Waals surface area contributed by atoms with Crippen LogP contribution in [0.4, 0.5) is 22.4 Å². The number of carbonyl (C=O) groups is 2. The first-order valence-corrected chi connectivity index (χ1v) is 4.49. The zero-order valence-electron chi connectivity index (χ0n) is 9.08. The van der Waals surface area contributed by atoms with E-state index in [1.54, 1.807) is 0 Å². The van der Waals surface area contributed by atoms with Crippen LogP contribution < -0.4 is 5.32 Å². The summed E-state index contributed by atoms with van der Waals surface area (Å²) in [6.07, 6.45) is -3.90. The summed E-state index contributed by atoms with van der Waals surface area (Å²) in [7, 11) is 1.05. The minimum Gasteiger partial charge on any atom is -0.480 e. The summed E-state index contributed by atoms with van der Waals surface area (Å²) in [5.41, 5.74) is 0. The van der Waals surface area contributed by atoms with E-state index >= 15 is 0 Å². The van der Waals surface area contributed by atoms with E-state index in [2.05, 4.69) is 0 Å². The maximum Gasteiger partial charge on any atom is 0.326 e. The van der Waals surface area contributed by atoms with E-state index in [4.69, 9.17) is 5.11 Å². The Morgan fingerprint density at radius 2 is 1.88 bits per heavy atom. The Morgan fingerprint density at radius 1 is 1.41 bits per heavy atom. The lowest BCUT2D eigenvalue weighted by Crippen LogP contribution is -2.49. The average molecular weight is 260 g/mol. The van der Waals surface area contributed by atoms with Gasteiger partial charge in [0.1, 0.15) is 6.04 Å². The molecule has 0 aliphatic heterocycles. The summed E-state index contributed by atoms with van der Waals surface area (Å²) >= 11 is 0. The number of nitrogens with one attached hydrogen (secondary N) is 1. The highest BCUT2D eigenvalue weighted by molar-refractivity contribution is 5.82. The van der Waals surface area contributed by atoms with Crippen molar-refractivity contribution >= 4 is 12.0 Å². The molecule has 0 saturated carbocycles. The smallest absolute Gasteiger partial charge is 0.326 e. The molecular formula is C8H12F4N2O3. The number of hydrogen-bond donors (Lipinski definition) is 2. The van der Waals surface area contributed by atoms with Crippen molar-refractivity contribution in [3.05, 3.63) is 0 Å². The van der Waals surface area contributed by atoms with Gasteiger partial charge >= 0.3 is 24.3 Å². The Hall–Kier alpha value is -1.54.